The Labute approximate surface area is 285 Å². The molecule has 0 saturated carbocycles. The van der Waals surface area contributed by atoms with Crippen LogP contribution in [-0.4, -0.2) is 104 Å². The van der Waals surface area contributed by atoms with Gasteiger partial charge in [-0.05, 0) is 103 Å². The van der Waals surface area contributed by atoms with Gasteiger partial charge in [-0.15, -0.1) is 0 Å². The van der Waals surface area contributed by atoms with E-state index in [2.05, 4.69) is 15.5 Å². The average molecular weight is 674 g/mol. The zero-order chi connectivity index (χ0) is 35.0. The van der Waals surface area contributed by atoms with Gasteiger partial charge in [-0.25, -0.2) is 8.78 Å². The summed E-state index contributed by atoms with van der Waals surface area (Å²) in [4.78, 5) is 30.5. The number of esters is 1. The number of fused-ring (bicyclic) bond motifs is 1. The van der Waals surface area contributed by atoms with Crippen LogP contribution in [0.15, 0.2) is 12.1 Å². The Bertz CT molecular complexity index is 1280. The van der Waals surface area contributed by atoms with Gasteiger partial charge in [-0.1, -0.05) is 12.5 Å². The highest BCUT2D eigenvalue weighted by Crippen LogP contribution is 2.39. The van der Waals surface area contributed by atoms with Crippen LogP contribution in [0.5, 0.6) is 0 Å². The number of carbonyl (C=O) groups excluding carboxylic acids is 2. The summed E-state index contributed by atoms with van der Waals surface area (Å²) in [5.41, 5.74) is 1.50. The maximum atomic E-state index is 14.3. The number of alkyl halides is 2. The molecule has 12 heteroatoms. The number of halogens is 2. The smallest absolute Gasteiger partial charge is 0.306 e. The molecule has 0 aliphatic carbocycles. The summed E-state index contributed by atoms with van der Waals surface area (Å²) >= 11 is 0. The lowest BCUT2D eigenvalue weighted by Gasteiger charge is -2.43. The van der Waals surface area contributed by atoms with Crippen molar-refractivity contribution in [3.8, 4) is 0 Å². The molecule has 0 radical (unpaired) electrons. The van der Waals surface area contributed by atoms with Gasteiger partial charge in [0, 0.05) is 80.9 Å². The lowest BCUT2D eigenvalue weighted by molar-refractivity contribution is -0.155. The van der Waals surface area contributed by atoms with Crippen LogP contribution in [0.25, 0.3) is 0 Å². The zero-order valence-corrected chi connectivity index (χ0v) is 29.5. The number of amidine groups is 1. The minimum atomic E-state index is -2.69. The van der Waals surface area contributed by atoms with E-state index < -0.39 is 17.9 Å². The Morgan fingerprint density at radius 2 is 1.79 bits per heavy atom. The molecule has 268 valence electrons. The number of ether oxygens (including phenoxy) is 1. The summed E-state index contributed by atoms with van der Waals surface area (Å²) in [6.45, 7) is 12.2. The van der Waals surface area contributed by atoms with Crippen LogP contribution in [0.1, 0.15) is 102 Å². The number of amides is 1. The fourth-order valence-corrected chi connectivity index (χ4v) is 7.43. The van der Waals surface area contributed by atoms with Crippen molar-refractivity contribution in [2.24, 2.45) is 5.92 Å². The van der Waals surface area contributed by atoms with Gasteiger partial charge in [0.25, 0.3) is 6.43 Å². The molecule has 3 atom stereocenters. The standard InChI is InChI=1S/C36H57F2N7O3/c1-24(46)44-17-13-31(42-27-11-15-43(16-12-27)14-8-6-7-9-33(47)48-36(2,3)4)30(23-44)35(40)45-18-10-25-19-28(26(21-39)22-41-5)29(34(37)38)20-32(25)45/h19-21,26-27,30-31,34,39-42H,6-18,22-23H2,1-5H3. The maximum absolute atomic E-state index is 14.3. The first-order valence-electron chi connectivity index (χ1n) is 17.7. The van der Waals surface area contributed by atoms with Gasteiger partial charge in [0.2, 0.25) is 5.91 Å². The van der Waals surface area contributed by atoms with Gasteiger partial charge in [-0.2, -0.15) is 0 Å². The number of piperidine rings is 2. The molecular formula is C36H57F2N7O3. The van der Waals surface area contributed by atoms with Gasteiger partial charge in [0.1, 0.15) is 11.4 Å². The minimum Gasteiger partial charge on any atom is -0.460 e. The minimum absolute atomic E-state index is 0.00770. The molecule has 48 heavy (non-hydrogen) atoms. The van der Waals surface area contributed by atoms with Crippen molar-refractivity contribution in [2.75, 3.05) is 57.8 Å². The van der Waals surface area contributed by atoms with Gasteiger partial charge in [-0.3, -0.25) is 15.0 Å². The quantitative estimate of drug-likeness (QED) is 0.0937. The lowest BCUT2D eigenvalue weighted by atomic mass is 9.88. The number of benzene rings is 1. The summed E-state index contributed by atoms with van der Waals surface area (Å²) in [6, 6.07) is 3.66. The zero-order valence-electron chi connectivity index (χ0n) is 29.5. The molecule has 4 N–H and O–H groups in total. The molecule has 0 aromatic heterocycles. The molecule has 1 aromatic carbocycles. The monoisotopic (exact) mass is 673 g/mol. The second-order valence-corrected chi connectivity index (χ2v) is 14.7. The second kappa shape index (κ2) is 17.1. The van der Waals surface area contributed by atoms with E-state index >= 15 is 0 Å². The second-order valence-electron chi connectivity index (χ2n) is 14.7. The summed E-state index contributed by atoms with van der Waals surface area (Å²) in [6.07, 6.45) is 5.23. The van der Waals surface area contributed by atoms with Crippen molar-refractivity contribution >= 4 is 29.6 Å². The summed E-state index contributed by atoms with van der Waals surface area (Å²) in [7, 11) is 1.75. The number of nitrogens with one attached hydrogen (secondary N) is 4. The van der Waals surface area contributed by atoms with Gasteiger partial charge in [0.15, 0.2) is 0 Å². The van der Waals surface area contributed by atoms with Crippen LogP contribution in [0.2, 0.25) is 0 Å². The van der Waals surface area contributed by atoms with E-state index in [4.69, 9.17) is 10.1 Å². The molecule has 2 saturated heterocycles. The largest absolute Gasteiger partial charge is 0.460 e. The number of unbranched alkanes of at least 4 members (excludes halogenated alkanes) is 2. The first-order chi connectivity index (χ1) is 22.8. The van der Waals surface area contributed by atoms with E-state index in [0.29, 0.717) is 62.1 Å². The van der Waals surface area contributed by atoms with Crippen LogP contribution < -0.4 is 15.5 Å². The number of nitrogens with zero attached hydrogens (tertiary/aromatic N) is 3. The van der Waals surface area contributed by atoms with Crippen LogP contribution in [-0.2, 0) is 20.7 Å². The Morgan fingerprint density at radius 1 is 1.06 bits per heavy atom. The highest BCUT2D eigenvalue weighted by atomic mass is 19.3. The normalized spacial score (nSPS) is 21.3. The molecule has 3 aliphatic rings. The molecule has 0 bridgehead atoms. The van der Waals surface area contributed by atoms with E-state index in [1.807, 2.05) is 31.7 Å². The number of likely N-dealkylation sites (N-methyl/N-ethyl adjacent to an activating group) is 1. The Kier molecular flexibility index (Phi) is 13.5. The van der Waals surface area contributed by atoms with Crippen molar-refractivity contribution in [3.63, 3.8) is 0 Å². The number of likely N-dealkylation sites (tertiary alicyclic amines) is 2. The molecular weight excluding hydrogens is 616 g/mol. The van der Waals surface area contributed by atoms with Crippen molar-refractivity contribution in [1.29, 1.82) is 10.8 Å². The van der Waals surface area contributed by atoms with Crippen molar-refractivity contribution in [3.05, 3.63) is 28.8 Å². The lowest BCUT2D eigenvalue weighted by Crippen LogP contribution is -2.58. The van der Waals surface area contributed by atoms with Gasteiger partial charge in [0.05, 0.1) is 0 Å². The maximum Gasteiger partial charge on any atom is 0.306 e. The molecule has 2 fully saturated rings. The third kappa shape index (κ3) is 10.0. The van der Waals surface area contributed by atoms with Crippen LogP contribution in [0.3, 0.4) is 0 Å². The van der Waals surface area contributed by atoms with E-state index in [1.54, 1.807) is 18.9 Å². The van der Waals surface area contributed by atoms with E-state index in [0.717, 1.165) is 63.7 Å². The third-order valence-corrected chi connectivity index (χ3v) is 9.95. The summed E-state index contributed by atoms with van der Waals surface area (Å²) < 4.78 is 34.1. The van der Waals surface area contributed by atoms with E-state index in [9.17, 15) is 23.8 Å². The number of hydrogen-bond donors (Lipinski definition) is 4. The molecule has 1 aromatic rings. The van der Waals surface area contributed by atoms with Crippen molar-refractivity contribution in [2.45, 2.75) is 109 Å². The van der Waals surface area contributed by atoms with E-state index in [-0.39, 0.29) is 29.4 Å². The molecule has 3 aliphatic heterocycles. The third-order valence-electron chi connectivity index (χ3n) is 9.95. The summed E-state index contributed by atoms with van der Waals surface area (Å²) in [5, 5.41) is 24.1. The van der Waals surface area contributed by atoms with Crippen molar-refractivity contribution < 1.29 is 23.1 Å². The molecule has 0 spiro atoms. The molecule has 3 unspecified atom stereocenters. The number of carbonyl (C=O) groups is 2. The molecule has 4 rings (SSSR count). The first-order valence-corrected chi connectivity index (χ1v) is 17.7. The Morgan fingerprint density at radius 3 is 2.42 bits per heavy atom. The van der Waals surface area contributed by atoms with Gasteiger partial charge < -0.3 is 35.5 Å². The molecule has 3 heterocycles. The predicted octanol–water partition coefficient (Wildman–Crippen LogP) is 5.11. The van der Waals surface area contributed by atoms with Crippen molar-refractivity contribution in [1.82, 2.24) is 20.4 Å². The molecule has 10 nitrogen and oxygen atoms in total. The fraction of sp³-hybridized carbons (Fsp3) is 0.722. The van der Waals surface area contributed by atoms with Crippen LogP contribution in [0.4, 0.5) is 14.5 Å². The highest BCUT2D eigenvalue weighted by molar-refractivity contribution is 6.00. The Hall–Kier alpha value is -2.96. The molecule has 1 amide bonds. The van der Waals surface area contributed by atoms with E-state index in [1.165, 1.54) is 12.3 Å². The SMILES string of the molecule is CNCC(C=N)c1cc2c(cc1C(F)F)N(C(=N)C1CN(C(C)=O)CCC1NC1CCN(CCCCCC(=O)OC(C)(C)C)CC1)CC2. The predicted molar refractivity (Wildman–Crippen MR) is 187 cm³/mol. The number of rotatable bonds is 14. The number of anilines is 1. The Balaban J connectivity index is 1.36. The number of hydrogen-bond acceptors (Lipinski definition) is 8. The van der Waals surface area contributed by atoms with Crippen LogP contribution in [0, 0.1) is 16.7 Å². The van der Waals surface area contributed by atoms with Crippen LogP contribution >= 0.6 is 0 Å². The van der Waals surface area contributed by atoms with Gasteiger partial charge >= 0.3 is 5.97 Å². The fourth-order valence-electron chi connectivity index (χ4n) is 7.43. The highest BCUT2D eigenvalue weighted by Gasteiger charge is 2.39. The first kappa shape index (κ1) is 37.9. The average Bonchev–Trinajstić information content (AvgIpc) is 3.45. The topological polar surface area (TPSA) is 125 Å². The summed E-state index contributed by atoms with van der Waals surface area (Å²) in [5.74, 6) is -0.491.